The van der Waals surface area contributed by atoms with Crippen molar-refractivity contribution in [3.8, 4) is 11.8 Å². The number of nitriles is 1. The molecule has 3 heteroatoms. The molecule has 13 heavy (non-hydrogen) atoms. The van der Waals surface area contributed by atoms with E-state index < -0.39 is 6.10 Å². The van der Waals surface area contributed by atoms with E-state index in [9.17, 15) is 0 Å². The van der Waals surface area contributed by atoms with E-state index in [1.54, 1.807) is 12.1 Å². The molecule has 0 spiro atoms. The van der Waals surface area contributed by atoms with Gasteiger partial charge in [0.15, 0.2) is 0 Å². The summed E-state index contributed by atoms with van der Waals surface area (Å²) in [5.74, 6) is 0.708. The van der Waals surface area contributed by atoms with E-state index in [0.717, 1.165) is 0 Å². The standard InChI is InChI=1S/C10H11NO2/c11-7-6-9(12)8-13-10-4-2-1-3-5-10/h1-5,9,12H,6,8H2/t9-/m1/s1. The van der Waals surface area contributed by atoms with Gasteiger partial charge in [-0.3, -0.25) is 0 Å². The molecule has 0 unspecified atom stereocenters. The topological polar surface area (TPSA) is 53.2 Å². The Morgan fingerprint density at radius 2 is 2.08 bits per heavy atom. The molecule has 1 rings (SSSR count). The van der Waals surface area contributed by atoms with Crippen LogP contribution in [0.2, 0.25) is 0 Å². The second-order valence-corrected chi connectivity index (χ2v) is 2.64. The van der Waals surface area contributed by atoms with Gasteiger partial charge in [-0.25, -0.2) is 0 Å². The molecule has 0 aliphatic rings. The molecule has 68 valence electrons. The van der Waals surface area contributed by atoms with Crippen LogP contribution in [0.5, 0.6) is 5.75 Å². The molecule has 0 saturated heterocycles. The van der Waals surface area contributed by atoms with Gasteiger partial charge in [-0.2, -0.15) is 5.26 Å². The first kappa shape index (κ1) is 9.56. The molecule has 1 aromatic rings. The Hall–Kier alpha value is -1.53. The first-order chi connectivity index (χ1) is 6.33. The Morgan fingerprint density at radius 3 is 2.69 bits per heavy atom. The summed E-state index contributed by atoms with van der Waals surface area (Å²) < 4.78 is 5.22. The molecule has 0 saturated carbocycles. The van der Waals surface area contributed by atoms with Crippen molar-refractivity contribution in [2.24, 2.45) is 0 Å². The predicted octanol–water partition coefficient (Wildman–Crippen LogP) is 1.34. The van der Waals surface area contributed by atoms with E-state index in [1.165, 1.54) is 0 Å². The number of nitrogens with zero attached hydrogens (tertiary/aromatic N) is 1. The largest absolute Gasteiger partial charge is 0.491 e. The van der Waals surface area contributed by atoms with Crippen LogP contribution in [0.15, 0.2) is 30.3 Å². The summed E-state index contributed by atoms with van der Waals surface area (Å²) in [5.41, 5.74) is 0. The summed E-state index contributed by atoms with van der Waals surface area (Å²) in [6, 6.07) is 11.1. The molecule has 0 aromatic heterocycles. The number of para-hydroxylation sites is 1. The summed E-state index contributed by atoms with van der Waals surface area (Å²) in [5, 5.41) is 17.4. The zero-order chi connectivity index (χ0) is 9.52. The fourth-order valence-corrected chi connectivity index (χ4v) is 0.873. The third-order valence-electron chi connectivity index (χ3n) is 1.51. The summed E-state index contributed by atoms with van der Waals surface area (Å²) in [6.07, 6.45) is -0.600. The van der Waals surface area contributed by atoms with Gasteiger partial charge in [0.2, 0.25) is 0 Å². The summed E-state index contributed by atoms with van der Waals surface area (Å²) >= 11 is 0. The van der Waals surface area contributed by atoms with Gasteiger partial charge in [-0.15, -0.1) is 0 Å². The highest BCUT2D eigenvalue weighted by atomic mass is 16.5. The maximum Gasteiger partial charge on any atom is 0.119 e. The van der Waals surface area contributed by atoms with Gasteiger partial charge < -0.3 is 9.84 Å². The molecule has 0 radical (unpaired) electrons. The van der Waals surface area contributed by atoms with Crippen LogP contribution in [0.3, 0.4) is 0 Å². The number of benzene rings is 1. The lowest BCUT2D eigenvalue weighted by Crippen LogP contribution is -2.16. The van der Waals surface area contributed by atoms with Gasteiger partial charge in [0, 0.05) is 0 Å². The van der Waals surface area contributed by atoms with Crippen LogP contribution in [0.25, 0.3) is 0 Å². The Balaban J connectivity index is 2.32. The number of hydrogen-bond donors (Lipinski definition) is 1. The number of aliphatic hydroxyl groups is 1. The van der Waals surface area contributed by atoms with Crippen LogP contribution in [0.1, 0.15) is 6.42 Å². The molecular formula is C10H11NO2. The van der Waals surface area contributed by atoms with Gasteiger partial charge in [0.1, 0.15) is 18.5 Å². The third-order valence-corrected chi connectivity index (χ3v) is 1.51. The summed E-state index contributed by atoms with van der Waals surface area (Å²) in [4.78, 5) is 0. The zero-order valence-corrected chi connectivity index (χ0v) is 7.18. The molecule has 0 heterocycles. The molecular weight excluding hydrogens is 166 g/mol. The average molecular weight is 177 g/mol. The molecule has 0 bridgehead atoms. The Kier molecular flexibility index (Phi) is 3.80. The molecule has 1 N–H and O–H groups in total. The minimum absolute atomic E-state index is 0.104. The van der Waals surface area contributed by atoms with Crippen molar-refractivity contribution in [1.82, 2.24) is 0 Å². The van der Waals surface area contributed by atoms with Crippen molar-refractivity contribution < 1.29 is 9.84 Å². The van der Waals surface area contributed by atoms with Gasteiger partial charge in [0.25, 0.3) is 0 Å². The Labute approximate surface area is 77.2 Å². The summed E-state index contributed by atoms with van der Waals surface area (Å²) in [6.45, 7) is 0.164. The highest BCUT2D eigenvalue weighted by Crippen LogP contribution is 2.08. The monoisotopic (exact) mass is 177 g/mol. The first-order valence-corrected chi connectivity index (χ1v) is 4.06. The van der Waals surface area contributed by atoms with Crippen LogP contribution < -0.4 is 4.74 Å². The highest BCUT2D eigenvalue weighted by Gasteiger charge is 2.03. The lowest BCUT2D eigenvalue weighted by Gasteiger charge is -2.08. The van der Waals surface area contributed by atoms with Gasteiger partial charge in [0.05, 0.1) is 12.5 Å². The molecule has 0 aliphatic heterocycles. The van der Waals surface area contributed by atoms with E-state index in [0.29, 0.717) is 5.75 Å². The number of aliphatic hydroxyl groups excluding tert-OH is 1. The maximum absolute atomic E-state index is 9.16. The van der Waals surface area contributed by atoms with E-state index in [1.807, 2.05) is 24.3 Å². The molecule has 1 atom stereocenters. The SMILES string of the molecule is N#CC[C@@H](O)COc1ccccc1. The van der Waals surface area contributed by atoms with E-state index in [2.05, 4.69) is 0 Å². The Morgan fingerprint density at radius 1 is 1.38 bits per heavy atom. The van der Waals surface area contributed by atoms with E-state index in [-0.39, 0.29) is 13.0 Å². The van der Waals surface area contributed by atoms with E-state index in [4.69, 9.17) is 15.1 Å². The normalized spacial score (nSPS) is 11.7. The van der Waals surface area contributed by atoms with Crippen molar-refractivity contribution >= 4 is 0 Å². The van der Waals surface area contributed by atoms with Crippen molar-refractivity contribution in [3.05, 3.63) is 30.3 Å². The van der Waals surface area contributed by atoms with Crippen LogP contribution in [0, 0.1) is 11.3 Å². The van der Waals surface area contributed by atoms with Crippen molar-refractivity contribution in [2.45, 2.75) is 12.5 Å². The molecule has 0 aliphatic carbocycles. The Bertz CT molecular complexity index is 279. The van der Waals surface area contributed by atoms with Crippen LogP contribution >= 0.6 is 0 Å². The van der Waals surface area contributed by atoms with E-state index >= 15 is 0 Å². The predicted molar refractivity (Wildman–Crippen MR) is 48.2 cm³/mol. The minimum Gasteiger partial charge on any atom is -0.491 e. The van der Waals surface area contributed by atoms with Gasteiger partial charge in [-0.05, 0) is 12.1 Å². The number of hydrogen-bond acceptors (Lipinski definition) is 3. The number of ether oxygens (including phenoxy) is 1. The minimum atomic E-state index is -0.704. The average Bonchev–Trinajstić information content (AvgIpc) is 2.17. The fourth-order valence-electron chi connectivity index (χ4n) is 0.873. The third kappa shape index (κ3) is 3.59. The van der Waals surface area contributed by atoms with Crippen molar-refractivity contribution in [3.63, 3.8) is 0 Å². The number of rotatable bonds is 4. The maximum atomic E-state index is 9.16. The molecule has 0 fully saturated rings. The van der Waals surface area contributed by atoms with Crippen LogP contribution in [-0.4, -0.2) is 17.8 Å². The summed E-state index contributed by atoms with van der Waals surface area (Å²) in [7, 11) is 0. The zero-order valence-electron chi connectivity index (χ0n) is 7.18. The van der Waals surface area contributed by atoms with Crippen LogP contribution in [-0.2, 0) is 0 Å². The molecule has 1 aromatic carbocycles. The van der Waals surface area contributed by atoms with Crippen molar-refractivity contribution in [1.29, 1.82) is 5.26 Å². The lowest BCUT2D eigenvalue weighted by atomic mass is 10.3. The molecule has 3 nitrogen and oxygen atoms in total. The quantitative estimate of drug-likeness (QED) is 0.755. The fraction of sp³-hybridized carbons (Fsp3) is 0.300. The van der Waals surface area contributed by atoms with Crippen LogP contribution in [0.4, 0.5) is 0 Å². The second-order valence-electron chi connectivity index (χ2n) is 2.64. The van der Waals surface area contributed by atoms with Crippen molar-refractivity contribution in [2.75, 3.05) is 6.61 Å². The highest BCUT2D eigenvalue weighted by molar-refractivity contribution is 5.20. The smallest absolute Gasteiger partial charge is 0.119 e. The lowest BCUT2D eigenvalue weighted by molar-refractivity contribution is 0.111. The molecule has 0 amide bonds. The first-order valence-electron chi connectivity index (χ1n) is 4.06. The van der Waals surface area contributed by atoms with Gasteiger partial charge >= 0.3 is 0 Å². The van der Waals surface area contributed by atoms with Gasteiger partial charge in [-0.1, -0.05) is 18.2 Å². The second kappa shape index (κ2) is 5.18.